The van der Waals surface area contributed by atoms with Crippen molar-refractivity contribution in [2.45, 2.75) is 37.8 Å². The molecule has 1 fully saturated rings. The molecule has 0 bridgehead atoms. The van der Waals surface area contributed by atoms with E-state index in [1.807, 2.05) is 30.3 Å². The summed E-state index contributed by atoms with van der Waals surface area (Å²) in [5.41, 5.74) is 1.34. The summed E-state index contributed by atoms with van der Waals surface area (Å²) < 4.78 is 10.8. The van der Waals surface area contributed by atoms with Gasteiger partial charge in [0.15, 0.2) is 17.8 Å². The standard InChI is InChI=1S/C21H23N5O4/c1-29-15-9-7-14(8-10-15)24-20(27)17-16(11-23-26-17)25-21(28)18-19(30-12-22-18)13-5-3-2-4-6-13/h2-6,11-12,14-15H,7-10H2,1H3,(H,23,26)(H,24,27)(H,25,28). The Morgan fingerprint density at radius 3 is 2.63 bits per heavy atom. The second kappa shape index (κ2) is 8.91. The fourth-order valence-electron chi connectivity index (χ4n) is 3.64. The molecule has 30 heavy (non-hydrogen) atoms. The van der Waals surface area contributed by atoms with Crippen LogP contribution in [0.4, 0.5) is 5.69 Å². The van der Waals surface area contributed by atoms with E-state index in [2.05, 4.69) is 25.8 Å². The molecule has 0 aliphatic heterocycles. The maximum atomic E-state index is 12.8. The topological polar surface area (TPSA) is 122 Å². The number of hydrogen-bond donors (Lipinski definition) is 3. The van der Waals surface area contributed by atoms with E-state index in [-0.39, 0.29) is 35.1 Å². The van der Waals surface area contributed by atoms with E-state index in [4.69, 9.17) is 9.15 Å². The lowest BCUT2D eigenvalue weighted by Gasteiger charge is -2.28. The van der Waals surface area contributed by atoms with Crippen molar-refractivity contribution in [3.05, 3.63) is 54.3 Å². The lowest BCUT2D eigenvalue weighted by molar-refractivity contribution is 0.0598. The van der Waals surface area contributed by atoms with Gasteiger partial charge in [0.1, 0.15) is 5.69 Å². The predicted octanol–water partition coefficient (Wildman–Crippen LogP) is 3.00. The molecular weight excluding hydrogens is 386 g/mol. The van der Waals surface area contributed by atoms with Crippen LogP contribution in [-0.4, -0.2) is 46.3 Å². The monoisotopic (exact) mass is 409 g/mol. The number of rotatable bonds is 6. The molecule has 2 heterocycles. The van der Waals surface area contributed by atoms with Crippen LogP contribution in [0.15, 0.2) is 47.3 Å². The first kappa shape index (κ1) is 19.8. The quantitative estimate of drug-likeness (QED) is 0.575. The SMILES string of the molecule is COC1CCC(NC(=O)c2[nH]ncc2NC(=O)c2ncoc2-c2ccccc2)CC1. The highest BCUT2D eigenvalue weighted by Crippen LogP contribution is 2.25. The number of anilines is 1. The van der Waals surface area contributed by atoms with Gasteiger partial charge in [-0.3, -0.25) is 14.7 Å². The number of ether oxygens (including phenoxy) is 1. The van der Waals surface area contributed by atoms with Crippen LogP contribution in [0.3, 0.4) is 0 Å². The van der Waals surface area contributed by atoms with Crippen molar-refractivity contribution in [1.82, 2.24) is 20.5 Å². The predicted molar refractivity (Wildman–Crippen MR) is 109 cm³/mol. The first-order chi connectivity index (χ1) is 14.7. The number of carbonyl (C=O) groups is 2. The molecular formula is C21H23N5O4. The number of aromatic amines is 1. The van der Waals surface area contributed by atoms with Gasteiger partial charge in [-0.2, -0.15) is 5.10 Å². The van der Waals surface area contributed by atoms with Crippen LogP contribution in [0.1, 0.15) is 46.7 Å². The number of benzene rings is 1. The molecule has 0 unspecified atom stereocenters. The molecule has 3 N–H and O–H groups in total. The van der Waals surface area contributed by atoms with Crippen LogP contribution in [0.5, 0.6) is 0 Å². The van der Waals surface area contributed by atoms with Gasteiger partial charge in [0.25, 0.3) is 11.8 Å². The summed E-state index contributed by atoms with van der Waals surface area (Å²) in [6.07, 6.45) is 6.37. The van der Waals surface area contributed by atoms with Gasteiger partial charge < -0.3 is 19.8 Å². The average molecular weight is 409 g/mol. The number of H-pyrrole nitrogens is 1. The summed E-state index contributed by atoms with van der Waals surface area (Å²) in [7, 11) is 1.71. The van der Waals surface area contributed by atoms with Gasteiger partial charge in [0.05, 0.1) is 18.0 Å². The van der Waals surface area contributed by atoms with Crippen molar-refractivity contribution in [1.29, 1.82) is 0 Å². The molecule has 0 radical (unpaired) electrons. The molecule has 1 aliphatic rings. The number of oxazole rings is 1. The Kier molecular flexibility index (Phi) is 5.89. The summed E-state index contributed by atoms with van der Waals surface area (Å²) in [6, 6.07) is 9.28. The maximum Gasteiger partial charge on any atom is 0.278 e. The first-order valence-corrected chi connectivity index (χ1v) is 9.83. The molecule has 0 spiro atoms. The van der Waals surface area contributed by atoms with E-state index < -0.39 is 5.91 Å². The number of hydrogen-bond acceptors (Lipinski definition) is 6. The van der Waals surface area contributed by atoms with Crippen molar-refractivity contribution in [2.75, 3.05) is 12.4 Å². The fraction of sp³-hybridized carbons (Fsp3) is 0.333. The Hall–Kier alpha value is -3.46. The highest BCUT2D eigenvalue weighted by Gasteiger charge is 2.25. The molecule has 1 aliphatic carbocycles. The van der Waals surface area contributed by atoms with Crippen molar-refractivity contribution in [2.24, 2.45) is 0 Å². The van der Waals surface area contributed by atoms with E-state index in [0.717, 1.165) is 31.2 Å². The van der Waals surface area contributed by atoms with Crippen LogP contribution in [0.2, 0.25) is 0 Å². The molecule has 4 rings (SSSR count). The number of nitrogens with zero attached hydrogens (tertiary/aromatic N) is 2. The summed E-state index contributed by atoms with van der Waals surface area (Å²) in [4.78, 5) is 29.5. The Bertz CT molecular complexity index is 1010. The zero-order chi connectivity index (χ0) is 20.9. The Morgan fingerprint density at radius 1 is 1.13 bits per heavy atom. The highest BCUT2D eigenvalue weighted by atomic mass is 16.5. The third kappa shape index (κ3) is 4.25. The van der Waals surface area contributed by atoms with Crippen LogP contribution < -0.4 is 10.6 Å². The molecule has 0 atom stereocenters. The zero-order valence-electron chi connectivity index (χ0n) is 16.6. The molecule has 1 aromatic carbocycles. The third-order valence-corrected chi connectivity index (χ3v) is 5.28. The molecule has 2 amide bonds. The fourth-order valence-corrected chi connectivity index (χ4v) is 3.64. The molecule has 156 valence electrons. The molecule has 3 aromatic rings. The molecule has 2 aromatic heterocycles. The van der Waals surface area contributed by atoms with E-state index in [1.54, 1.807) is 7.11 Å². The zero-order valence-corrected chi connectivity index (χ0v) is 16.6. The van der Waals surface area contributed by atoms with Gasteiger partial charge in [-0.05, 0) is 25.7 Å². The van der Waals surface area contributed by atoms with Crippen molar-refractivity contribution in [3.63, 3.8) is 0 Å². The maximum absolute atomic E-state index is 12.8. The first-order valence-electron chi connectivity index (χ1n) is 9.83. The van der Waals surface area contributed by atoms with Crippen LogP contribution in [0, 0.1) is 0 Å². The lowest BCUT2D eigenvalue weighted by Crippen LogP contribution is -2.39. The second-order valence-electron chi connectivity index (χ2n) is 7.19. The molecule has 0 saturated heterocycles. The smallest absolute Gasteiger partial charge is 0.278 e. The van der Waals surface area contributed by atoms with Crippen LogP contribution >= 0.6 is 0 Å². The van der Waals surface area contributed by atoms with Gasteiger partial charge >= 0.3 is 0 Å². The van der Waals surface area contributed by atoms with E-state index in [1.165, 1.54) is 12.6 Å². The average Bonchev–Trinajstić information content (AvgIpc) is 3.44. The Morgan fingerprint density at radius 2 is 1.90 bits per heavy atom. The minimum atomic E-state index is -0.487. The minimum absolute atomic E-state index is 0.0657. The number of aromatic nitrogens is 3. The van der Waals surface area contributed by atoms with Crippen molar-refractivity contribution < 1.29 is 18.7 Å². The van der Waals surface area contributed by atoms with Crippen molar-refractivity contribution >= 4 is 17.5 Å². The van der Waals surface area contributed by atoms with E-state index in [0.29, 0.717) is 5.76 Å². The van der Waals surface area contributed by atoms with E-state index in [9.17, 15) is 9.59 Å². The van der Waals surface area contributed by atoms with Crippen molar-refractivity contribution in [3.8, 4) is 11.3 Å². The molecule has 9 nitrogen and oxygen atoms in total. The van der Waals surface area contributed by atoms with Gasteiger partial charge in [0, 0.05) is 18.7 Å². The number of carbonyl (C=O) groups excluding carboxylic acids is 2. The largest absolute Gasteiger partial charge is 0.443 e. The van der Waals surface area contributed by atoms with E-state index >= 15 is 0 Å². The lowest BCUT2D eigenvalue weighted by atomic mass is 9.93. The Labute approximate surface area is 173 Å². The van der Waals surface area contributed by atoms with Crippen LogP contribution in [0.25, 0.3) is 11.3 Å². The normalized spacial score (nSPS) is 18.7. The van der Waals surface area contributed by atoms with Gasteiger partial charge in [-0.25, -0.2) is 4.98 Å². The Balaban J connectivity index is 1.44. The third-order valence-electron chi connectivity index (χ3n) is 5.28. The number of nitrogens with one attached hydrogen (secondary N) is 3. The summed E-state index contributed by atoms with van der Waals surface area (Å²) >= 11 is 0. The summed E-state index contributed by atoms with van der Waals surface area (Å²) in [5.74, 6) is -0.441. The summed E-state index contributed by atoms with van der Waals surface area (Å²) in [6.45, 7) is 0. The number of methoxy groups -OCH3 is 1. The van der Waals surface area contributed by atoms with Gasteiger partial charge in [-0.1, -0.05) is 30.3 Å². The minimum Gasteiger partial charge on any atom is -0.443 e. The molecule has 9 heteroatoms. The highest BCUT2D eigenvalue weighted by molar-refractivity contribution is 6.09. The van der Waals surface area contributed by atoms with Gasteiger partial charge in [-0.15, -0.1) is 0 Å². The van der Waals surface area contributed by atoms with Gasteiger partial charge in [0.2, 0.25) is 0 Å². The second-order valence-corrected chi connectivity index (χ2v) is 7.19. The number of amides is 2. The summed E-state index contributed by atoms with van der Waals surface area (Å²) in [5, 5.41) is 12.3. The van der Waals surface area contributed by atoms with Crippen LogP contribution in [-0.2, 0) is 4.74 Å². The molecule has 1 saturated carbocycles.